The van der Waals surface area contributed by atoms with Gasteiger partial charge in [0, 0.05) is 6.54 Å². The van der Waals surface area contributed by atoms with Crippen molar-refractivity contribution in [3.63, 3.8) is 0 Å². The Hall–Kier alpha value is 0.160. The first kappa shape index (κ1) is 12.2. The predicted molar refractivity (Wildman–Crippen MR) is 48.7 cm³/mol. The molecule has 0 amide bonds. The van der Waals surface area contributed by atoms with Crippen LogP contribution >= 0.6 is 11.6 Å². The van der Waals surface area contributed by atoms with E-state index in [9.17, 15) is 8.42 Å². The highest BCUT2D eigenvalue weighted by Crippen LogP contribution is 1.89. The van der Waals surface area contributed by atoms with Gasteiger partial charge in [-0.3, -0.25) is 0 Å². The van der Waals surface area contributed by atoms with Crippen LogP contribution in [0, 0.1) is 0 Å². The molecule has 12 heavy (non-hydrogen) atoms. The minimum absolute atomic E-state index is 0.116. The van der Waals surface area contributed by atoms with E-state index < -0.39 is 15.2 Å². The third-order valence-corrected chi connectivity index (χ3v) is 2.81. The summed E-state index contributed by atoms with van der Waals surface area (Å²) in [6.45, 7) is 4.41. The number of hydrogen-bond acceptors (Lipinski definition) is 3. The van der Waals surface area contributed by atoms with E-state index in [2.05, 4.69) is 4.72 Å². The number of hydrogen-bond donors (Lipinski definition) is 1. The van der Waals surface area contributed by atoms with Gasteiger partial charge < -0.3 is 4.74 Å². The second-order valence-electron chi connectivity index (χ2n) is 2.54. The fraction of sp³-hybridized carbons (Fsp3) is 1.00. The molecule has 0 saturated heterocycles. The lowest BCUT2D eigenvalue weighted by atomic mass is 10.5. The maximum Gasteiger partial charge on any atom is 0.225 e. The average molecular weight is 216 g/mol. The van der Waals surface area contributed by atoms with Crippen LogP contribution in [-0.2, 0) is 14.8 Å². The minimum Gasteiger partial charge on any atom is -0.377 e. The topological polar surface area (TPSA) is 55.4 Å². The van der Waals surface area contributed by atoms with Gasteiger partial charge in [0.1, 0.15) is 5.21 Å². The van der Waals surface area contributed by atoms with Crippen molar-refractivity contribution < 1.29 is 13.2 Å². The van der Waals surface area contributed by atoms with Crippen molar-refractivity contribution in [3.05, 3.63) is 0 Å². The Morgan fingerprint density at radius 1 is 1.50 bits per heavy atom. The molecule has 74 valence electrons. The summed E-state index contributed by atoms with van der Waals surface area (Å²) in [5.74, 6) is 0. The number of nitrogens with one attached hydrogen (secondary N) is 1. The molecule has 0 aromatic heterocycles. The molecule has 0 bridgehead atoms. The molecule has 0 rings (SSSR count). The molecule has 0 aromatic rings. The molecule has 4 nitrogen and oxygen atoms in total. The third kappa shape index (κ3) is 6.84. The van der Waals surface area contributed by atoms with Crippen LogP contribution in [0.15, 0.2) is 0 Å². The number of ether oxygens (including phenoxy) is 1. The van der Waals surface area contributed by atoms with Crippen molar-refractivity contribution in [1.82, 2.24) is 4.72 Å². The van der Waals surface area contributed by atoms with Crippen LogP contribution in [0.2, 0.25) is 0 Å². The number of alkyl halides is 1. The normalized spacial score (nSPS) is 12.3. The van der Waals surface area contributed by atoms with E-state index in [1.54, 1.807) is 0 Å². The largest absolute Gasteiger partial charge is 0.377 e. The number of rotatable bonds is 6. The molecule has 0 spiro atoms. The van der Waals surface area contributed by atoms with Gasteiger partial charge in [0.05, 0.1) is 12.7 Å². The van der Waals surface area contributed by atoms with E-state index in [0.717, 1.165) is 0 Å². The van der Waals surface area contributed by atoms with E-state index in [0.29, 0.717) is 6.61 Å². The van der Waals surface area contributed by atoms with Gasteiger partial charge >= 0.3 is 0 Å². The van der Waals surface area contributed by atoms with Crippen LogP contribution in [0.4, 0.5) is 0 Å². The van der Waals surface area contributed by atoms with Crippen LogP contribution < -0.4 is 4.72 Å². The molecule has 0 aliphatic carbocycles. The zero-order chi connectivity index (χ0) is 9.61. The lowest BCUT2D eigenvalue weighted by Crippen LogP contribution is -2.28. The smallest absolute Gasteiger partial charge is 0.225 e. The maximum atomic E-state index is 10.7. The van der Waals surface area contributed by atoms with Crippen LogP contribution in [0.25, 0.3) is 0 Å². The molecule has 0 heterocycles. The summed E-state index contributed by atoms with van der Waals surface area (Å²) in [4.78, 5) is 0. The second-order valence-corrected chi connectivity index (χ2v) is 4.93. The fourth-order valence-electron chi connectivity index (χ4n) is 0.530. The third-order valence-electron chi connectivity index (χ3n) is 1.02. The van der Waals surface area contributed by atoms with Gasteiger partial charge in [0.2, 0.25) is 10.0 Å². The van der Waals surface area contributed by atoms with E-state index in [1.807, 2.05) is 13.8 Å². The molecule has 0 atom stereocenters. The van der Waals surface area contributed by atoms with Gasteiger partial charge in [-0.15, -0.1) is 11.6 Å². The van der Waals surface area contributed by atoms with Gasteiger partial charge in [-0.05, 0) is 13.8 Å². The van der Waals surface area contributed by atoms with Crippen LogP contribution in [-0.4, -0.2) is 32.9 Å². The summed E-state index contributed by atoms with van der Waals surface area (Å²) >= 11 is 5.14. The Balaban J connectivity index is 3.45. The second kappa shape index (κ2) is 5.75. The van der Waals surface area contributed by atoms with Gasteiger partial charge in [0.25, 0.3) is 0 Å². The first-order chi connectivity index (χ1) is 5.48. The molecule has 0 unspecified atom stereocenters. The van der Waals surface area contributed by atoms with Crippen molar-refractivity contribution >= 4 is 21.6 Å². The summed E-state index contributed by atoms with van der Waals surface area (Å²) in [5, 5.41) is -0.408. The van der Waals surface area contributed by atoms with E-state index >= 15 is 0 Å². The highest BCUT2D eigenvalue weighted by atomic mass is 35.5. The molecule has 0 aromatic carbocycles. The van der Waals surface area contributed by atoms with E-state index in [4.69, 9.17) is 16.3 Å². The molecule has 0 aliphatic rings. The predicted octanol–water partition coefficient (Wildman–Crippen LogP) is 0.527. The summed E-state index contributed by atoms with van der Waals surface area (Å²) in [6, 6.07) is 0. The highest BCUT2D eigenvalue weighted by Gasteiger charge is 2.05. The summed E-state index contributed by atoms with van der Waals surface area (Å²) in [7, 11) is -3.28. The summed E-state index contributed by atoms with van der Waals surface area (Å²) in [5.41, 5.74) is 0. The van der Waals surface area contributed by atoms with Crippen molar-refractivity contribution in [1.29, 1.82) is 0 Å². The molecule has 0 fully saturated rings. The molecule has 0 saturated carbocycles. The molecule has 6 heteroatoms. The van der Waals surface area contributed by atoms with Gasteiger partial charge in [-0.1, -0.05) is 0 Å². The summed E-state index contributed by atoms with van der Waals surface area (Å²) in [6.07, 6.45) is 0.116. The fourth-order valence-corrected chi connectivity index (χ4v) is 1.23. The zero-order valence-corrected chi connectivity index (χ0v) is 8.78. The Morgan fingerprint density at radius 3 is 2.50 bits per heavy atom. The van der Waals surface area contributed by atoms with Crippen molar-refractivity contribution in [2.45, 2.75) is 20.0 Å². The van der Waals surface area contributed by atoms with E-state index in [-0.39, 0.29) is 12.6 Å². The Labute approximate surface area is 78.3 Å². The van der Waals surface area contributed by atoms with Crippen LogP contribution in [0.5, 0.6) is 0 Å². The van der Waals surface area contributed by atoms with E-state index in [1.165, 1.54) is 0 Å². The molecular weight excluding hydrogens is 202 g/mol. The first-order valence-corrected chi connectivity index (χ1v) is 5.81. The molecular formula is C6H14ClNO3S. The molecule has 0 radical (unpaired) electrons. The Bertz CT molecular complexity index is 203. The lowest BCUT2D eigenvalue weighted by molar-refractivity contribution is 0.0834. The van der Waals surface area contributed by atoms with Crippen LogP contribution in [0.1, 0.15) is 13.8 Å². The lowest BCUT2D eigenvalue weighted by Gasteiger charge is -2.07. The highest BCUT2D eigenvalue weighted by molar-refractivity contribution is 7.90. The Kier molecular flexibility index (Phi) is 5.82. The molecule has 1 N–H and O–H groups in total. The van der Waals surface area contributed by atoms with Gasteiger partial charge in [-0.2, -0.15) is 0 Å². The van der Waals surface area contributed by atoms with Crippen molar-refractivity contribution in [2.75, 3.05) is 18.4 Å². The number of sulfonamides is 1. The van der Waals surface area contributed by atoms with Crippen molar-refractivity contribution in [2.24, 2.45) is 0 Å². The zero-order valence-electron chi connectivity index (χ0n) is 7.21. The minimum atomic E-state index is -3.28. The Morgan fingerprint density at radius 2 is 2.08 bits per heavy atom. The monoisotopic (exact) mass is 215 g/mol. The standard InChI is InChI=1S/C6H14ClNO3S/c1-6(2)11-4-3-8-12(9,10)5-7/h6,8H,3-5H2,1-2H3. The van der Waals surface area contributed by atoms with Crippen molar-refractivity contribution in [3.8, 4) is 0 Å². The SMILES string of the molecule is CC(C)OCCNS(=O)(=O)CCl. The first-order valence-electron chi connectivity index (χ1n) is 3.63. The summed E-state index contributed by atoms with van der Waals surface area (Å²) < 4.78 is 28.9. The van der Waals surface area contributed by atoms with Gasteiger partial charge in [-0.25, -0.2) is 13.1 Å². The average Bonchev–Trinajstić information content (AvgIpc) is 1.98. The maximum absolute atomic E-state index is 10.7. The quantitative estimate of drug-likeness (QED) is 0.520. The number of halogens is 1. The van der Waals surface area contributed by atoms with Gasteiger partial charge in [0.15, 0.2) is 0 Å². The molecule has 0 aliphatic heterocycles. The van der Waals surface area contributed by atoms with Crippen LogP contribution in [0.3, 0.4) is 0 Å².